The third-order valence-electron chi connectivity index (χ3n) is 2.66. The number of rotatable bonds is 4. The third-order valence-corrected chi connectivity index (χ3v) is 3.11. The fourth-order valence-electron chi connectivity index (χ4n) is 1.68. The number of benzene rings is 1. The minimum Gasteiger partial charge on any atom is -0.389 e. The van der Waals surface area contributed by atoms with Gasteiger partial charge in [0.15, 0.2) is 0 Å². The molecular weight excluding hydrogens is 280 g/mol. The fraction of sp³-hybridized carbons (Fsp3) is 0.231. The third kappa shape index (κ3) is 3.24. The molecule has 0 aliphatic rings. The smallest absolute Gasteiger partial charge is 0.106 e. The molecular formula is C13H15ClN4S. The Kier molecular flexibility index (Phi) is 4.07. The molecule has 0 saturated heterocycles. The number of thiocarbonyl (C=S) groups is 1. The Morgan fingerprint density at radius 1 is 1.47 bits per heavy atom. The molecule has 0 unspecified atom stereocenters. The lowest BCUT2D eigenvalue weighted by Crippen LogP contribution is -2.11. The minimum atomic E-state index is 0.310. The molecule has 0 atom stereocenters. The van der Waals surface area contributed by atoms with E-state index in [4.69, 9.17) is 29.6 Å². The second-order valence-electron chi connectivity index (χ2n) is 4.48. The van der Waals surface area contributed by atoms with E-state index in [-0.39, 0.29) is 0 Å². The van der Waals surface area contributed by atoms with E-state index in [0.717, 1.165) is 16.9 Å². The van der Waals surface area contributed by atoms with Crippen LogP contribution in [0.15, 0.2) is 30.6 Å². The summed E-state index contributed by atoms with van der Waals surface area (Å²) >= 11 is 11.0. The molecule has 1 aromatic carbocycles. The van der Waals surface area contributed by atoms with Crippen LogP contribution in [0.3, 0.4) is 0 Å². The van der Waals surface area contributed by atoms with Crippen LogP contribution in [0.25, 0.3) is 0 Å². The maximum absolute atomic E-state index is 6.00. The van der Waals surface area contributed by atoms with Gasteiger partial charge in [-0.05, 0) is 32.0 Å². The molecule has 0 aliphatic carbocycles. The van der Waals surface area contributed by atoms with Gasteiger partial charge in [-0.25, -0.2) is 0 Å². The highest BCUT2D eigenvalue weighted by atomic mass is 35.5. The SMILES string of the molecule is CC(C)n1cc(Nc2cc(Cl)ccc2C(N)=S)cn1. The van der Waals surface area contributed by atoms with Crippen LogP contribution in [0.5, 0.6) is 0 Å². The van der Waals surface area contributed by atoms with Gasteiger partial charge < -0.3 is 11.1 Å². The van der Waals surface area contributed by atoms with Crippen molar-refractivity contribution in [1.82, 2.24) is 9.78 Å². The highest BCUT2D eigenvalue weighted by Crippen LogP contribution is 2.25. The van der Waals surface area contributed by atoms with Crippen molar-refractivity contribution in [3.05, 3.63) is 41.2 Å². The van der Waals surface area contributed by atoms with Crippen LogP contribution in [-0.2, 0) is 0 Å². The average molecular weight is 295 g/mol. The first-order valence-electron chi connectivity index (χ1n) is 5.88. The van der Waals surface area contributed by atoms with Crippen LogP contribution >= 0.6 is 23.8 Å². The molecule has 4 nitrogen and oxygen atoms in total. The molecule has 0 radical (unpaired) electrons. The molecule has 6 heteroatoms. The van der Waals surface area contributed by atoms with Crippen molar-refractivity contribution in [3.63, 3.8) is 0 Å². The zero-order valence-corrected chi connectivity index (χ0v) is 12.3. The summed E-state index contributed by atoms with van der Waals surface area (Å²) in [5.41, 5.74) is 8.11. The Morgan fingerprint density at radius 2 is 2.21 bits per heavy atom. The summed E-state index contributed by atoms with van der Waals surface area (Å²) in [6.45, 7) is 4.13. The number of hydrogen-bond acceptors (Lipinski definition) is 3. The number of hydrogen-bond donors (Lipinski definition) is 2. The summed E-state index contributed by atoms with van der Waals surface area (Å²) in [6, 6.07) is 5.67. The van der Waals surface area contributed by atoms with E-state index in [9.17, 15) is 0 Å². The molecule has 2 rings (SSSR count). The van der Waals surface area contributed by atoms with Gasteiger partial charge in [-0.2, -0.15) is 5.10 Å². The van der Waals surface area contributed by atoms with Crippen molar-refractivity contribution in [1.29, 1.82) is 0 Å². The Bertz CT molecular complexity index is 606. The van der Waals surface area contributed by atoms with Gasteiger partial charge in [-0.15, -0.1) is 0 Å². The van der Waals surface area contributed by atoms with Crippen molar-refractivity contribution in [2.75, 3.05) is 5.32 Å². The number of aromatic nitrogens is 2. The quantitative estimate of drug-likeness (QED) is 0.848. The lowest BCUT2D eigenvalue weighted by molar-refractivity contribution is 0.532. The summed E-state index contributed by atoms with van der Waals surface area (Å²) in [4.78, 5) is 0.329. The first-order chi connectivity index (χ1) is 8.97. The molecule has 100 valence electrons. The zero-order valence-electron chi connectivity index (χ0n) is 10.7. The predicted molar refractivity (Wildman–Crippen MR) is 83.2 cm³/mol. The first-order valence-corrected chi connectivity index (χ1v) is 6.66. The topological polar surface area (TPSA) is 55.9 Å². The van der Waals surface area contributed by atoms with E-state index in [1.54, 1.807) is 24.4 Å². The fourth-order valence-corrected chi connectivity index (χ4v) is 2.03. The van der Waals surface area contributed by atoms with Gasteiger partial charge in [-0.1, -0.05) is 23.8 Å². The van der Waals surface area contributed by atoms with E-state index in [1.807, 2.05) is 10.9 Å². The maximum atomic E-state index is 6.00. The molecule has 0 aliphatic heterocycles. The van der Waals surface area contributed by atoms with E-state index >= 15 is 0 Å². The Hall–Kier alpha value is -1.59. The van der Waals surface area contributed by atoms with Gasteiger partial charge in [0.25, 0.3) is 0 Å². The molecule has 0 spiro atoms. The minimum absolute atomic E-state index is 0.310. The van der Waals surface area contributed by atoms with Crippen molar-refractivity contribution < 1.29 is 0 Å². The molecule has 2 aromatic rings. The maximum Gasteiger partial charge on any atom is 0.106 e. The van der Waals surface area contributed by atoms with Gasteiger partial charge >= 0.3 is 0 Å². The van der Waals surface area contributed by atoms with E-state index in [2.05, 4.69) is 24.3 Å². The number of nitrogens with zero attached hydrogens (tertiary/aromatic N) is 2. The standard InChI is InChI=1S/C13H15ClN4S/c1-8(2)18-7-10(6-16-18)17-12-5-9(14)3-4-11(12)13(15)19/h3-8,17H,1-2H3,(H2,15,19). The van der Waals surface area contributed by atoms with E-state index < -0.39 is 0 Å². The van der Waals surface area contributed by atoms with E-state index in [0.29, 0.717) is 16.1 Å². The Labute approximate surface area is 122 Å². The molecule has 0 amide bonds. The molecule has 0 bridgehead atoms. The molecule has 0 fully saturated rings. The van der Waals surface area contributed by atoms with Crippen LogP contribution < -0.4 is 11.1 Å². The summed E-state index contributed by atoms with van der Waals surface area (Å²) in [5, 5.41) is 8.12. The lowest BCUT2D eigenvalue weighted by Gasteiger charge is -2.10. The predicted octanol–water partition coefficient (Wildman–Crippen LogP) is 3.50. The number of nitrogens with two attached hydrogens (primary N) is 1. The second kappa shape index (κ2) is 5.59. The molecule has 1 aromatic heterocycles. The second-order valence-corrected chi connectivity index (χ2v) is 5.36. The Balaban J connectivity index is 2.31. The average Bonchev–Trinajstić information content (AvgIpc) is 2.77. The van der Waals surface area contributed by atoms with Crippen molar-refractivity contribution in [2.24, 2.45) is 5.73 Å². The lowest BCUT2D eigenvalue weighted by atomic mass is 10.1. The van der Waals surface area contributed by atoms with E-state index in [1.165, 1.54) is 0 Å². The van der Waals surface area contributed by atoms with Gasteiger partial charge in [0, 0.05) is 22.8 Å². The van der Waals surface area contributed by atoms with Gasteiger partial charge in [0.2, 0.25) is 0 Å². The van der Waals surface area contributed by atoms with Gasteiger partial charge in [-0.3, -0.25) is 4.68 Å². The molecule has 19 heavy (non-hydrogen) atoms. The number of nitrogens with one attached hydrogen (secondary N) is 1. The molecule has 1 heterocycles. The summed E-state index contributed by atoms with van der Waals surface area (Å²) in [7, 11) is 0. The van der Waals surface area contributed by atoms with Gasteiger partial charge in [0.05, 0.1) is 17.6 Å². The van der Waals surface area contributed by atoms with Crippen LogP contribution in [0, 0.1) is 0 Å². The van der Waals surface area contributed by atoms with Crippen LogP contribution in [0.2, 0.25) is 5.02 Å². The first kappa shape index (κ1) is 13.8. The van der Waals surface area contributed by atoms with Crippen molar-refractivity contribution in [3.8, 4) is 0 Å². The molecule has 0 saturated carbocycles. The monoisotopic (exact) mass is 294 g/mol. The van der Waals surface area contributed by atoms with Crippen LogP contribution in [-0.4, -0.2) is 14.8 Å². The molecule has 3 N–H and O–H groups in total. The van der Waals surface area contributed by atoms with Crippen LogP contribution in [0.4, 0.5) is 11.4 Å². The summed E-state index contributed by atoms with van der Waals surface area (Å²) in [6.07, 6.45) is 3.68. The highest BCUT2D eigenvalue weighted by molar-refractivity contribution is 7.80. The van der Waals surface area contributed by atoms with Crippen LogP contribution in [0.1, 0.15) is 25.5 Å². The Morgan fingerprint density at radius 3 is 2.79 bits per heavy atom. The number of halogens is 1. The zero-order chi connectivity index (χ0) is 14.0. The number of anilines is 2. The largest absolute Gasteiger partial charge is 0.389 e. The summed E-state index contributed by atoms with van der Waals surface area (Å²) in [5.74, 6) is 0. The summed E-state index contributed by atoms with van der Waals surface area (Å²) < 4.78 is 1.87. The van der Waals surface area contributed by atoms with Gasteiger partial charge in [0.1, 0.15) is 4.99 Å². The normalized spacial score (nSPS) is 10.7. The highest BCUT2D eigenvalue weighted by Gasteiger charge is 2.08. The van der Waals surface area contributed by atoms with Crippen molar-refractivity contribution in [2.45, 2.75) is 19.9 Å². The van der Waals surface area contributed by atoms with Crippen molar-refractivity contribution >= 4 is 40.2 Å².